The third-order valence-corrected chi connectivity index (χ3v) is 5.53. The number of nitrogens with one attached hydrogen (secondary N) is 1. The summed E-state index contributed by atoms with van der Waals surface area (Å²) in [4.78, 5) is 27.4. The number of hydrogen-bond acceptors (Lipinski definition) is 9. The minimum atomic E-state index is -0.470. The predicted octanol–water partition coefficient (Wildman–Crippen LogP) is 3.50. The van der Waals surface area contributed by atoms with Crippen LogP contribution in [0.1, 0.15) is 28.9 Å². The van der Waals surface area contributed by atoms with Gasteiger partial charge in [0.1, 0.15) is 4.88 Å². The van der Waals surface area contributed by atoms with Crippen molar-refractivity contribution in [2.45, 2.75) is 19.9 Å². The minimum Gasteiger partial charge on any atom is -0.465 e. The van der Waals surface area contributed by atoms with Gasteiger partial charge in [0.15, 0.2) is 0 Å². The Bertz CT molecular complexity index is 920. The van der Waals surface area contributed by atoms with E-state index in [-0.39, 0.29) is 12.5 Å². The molecule has 3 heterocycles. The van der Waals surface area contributed by atoms with Crippen LogP contribution in [0.25, 0.3) is 10.8 Å². The Morgan fingerprint density at radius 2 is 2.11 bits per heavy atom. The highest BCUT2D eigenvalue weighted by atomic mass is 32.1. The maximum absolute atomic E-state index is 12.5. The molecule has 1 amide bonds. The summed E-state index contributed by atoms with van der Waals surface area (Å²) in [5.41, 5.74) is 0.455. The van der Waals surface area contributed by atoms with Gasteiger partial charge in [0.2, 0.25) is 11.8 Å². The van der Waals surface area contributed by atoms with Crippen LogP contribution in [0.5, 0.6) is 0 Å². The second kappa shape index (κ2) is 9.58. The lowest BCUT2D eigenvalue weighted by atomic mass is 10.3. The number of aromatic nitrogens is 2. The molecule has 3 aromatic rings. The Balaban J connectivity index is 1.62. The Labute approximate surface area is 170 Å². The monoisotopic (exact) mass is 420 g/mol. The number of anilines is 1. The van der Waals surface area contributed by atoms with E-state index >= 15 is 0 Å². The number of ether oxygens (including phenoxy) is 1. The van der Waals surface area contributed by atoms with Crippen LogP contribution in [-0.2, 0) is 16.1 Å². The standard InChI is InChI=1S/C18H20N4O4S2/c1-3-7-22(11-15-20-21-17(26-15)13-5-4-8-27-13)10-14(23)19-12-6-9-28-16(12)18(24)25-2/h4-6,8-9H,3,7,10-11H2,1-2H3,(H,19,23). The number of carbonyl (C=O) groups is 2. The number of hydrogen-bond donors (Lipinski definition) is 1. The molecule has 148 valence electrons. The molecule has 28 heavy (non-hydrogen) atoms. The van der Waals surface area contributed by atoms with Gasteiger partial charge in [0.25, 0.3) is 5.89 Å². The second-order valence-electron chi connectivity index (χ2n) is 5.89. The molecule has 10 heteroatoms. The lowest BCUT2D eigenvalue weighted by molar-refractivity contribution is -0.117. The summed E-state index contributed by atoms with van der Waals surface area (Å²) in [6.45, 7) is 3.23. The molecule has 0 spiro atoms. The van der Waals surface area contributed by atoms with Gasteiger partial charge in [-0.15, -0.1) is 32.9 Å². The maximum atomic E-state index is 12.5. The van der Waals surface area contributed by atoms with Crippen LogP contribution in [0.3, 0.4) is 0 Å². The van der Waals surface area contributed by atoms with Gasteiger partial charge in [-0.2, -0.15) is 0 Å². The van der Waals surface area contributed by atoms with Gasteiger partial charge in [0, 0.05) is 0 Å². The van der Waals surface area contributed by atoms with Gasteiger partial charge in [-0.3, -0.25) is 9.69 Å². The fourth-order valence-electron chi connectivity index (χ4n) is 2.59. The predicted molar refractivity (Wildman–Crippen MR) is 107 cm³/mol. The van der Waals surface area contributed by atoms with Crippen molar-refractivity contribution in [2.24, 2.45) is 0 Å². The van der Waals surface area contributed by atoms with Gasteiger partial charge < -0.3 is 14.5 Å². The molecule has 0 unspecified atom stereocenters. The van der Waals surface area contributed by atoms with Crippen LogP contribution in [-0.4, -0.2) is 47.2 Å². The molecule has 0 saturated carbocycles. The lowest BCUT2D eigenvalue weighted by Gasteiger charge is -2.19. The largest absolute Gasteiger partial charge is 0.465 e. The number of esters is 1. The molecule has 0 atom stereocenters. The Hall–Kier alpha value is -2.56. The fraction of sp³-hybridized carbons (Fsp3) is 0.333. The molecule has 3 aromatic heterocycles. The van der Waals surface area contributed by atoms with E-state index in [1.54, 1.807) is 11.4 Å². The van der Waals surface area contributed by atoms with Crippen molar-refractivity contribution in [3.05, 3.63) is 39.7 Å². The molecule has 8 nitrogen and oxygen atoms in total. The number of rotatable bonds is 9. The van der Waals surface area contributed by atoms with Crippen molar-refractivity contribution in [2.75, 3.05) is 25.5 Å². The summed E-state index contributed by atoms with van der Waals surface area (Å²) in [7, 11) is 1.31. The number of amides is 1. The second-order valence-corrected chi connectivity index (χ2v) is 7.76. The first-order valence-electron chi connectivity index (χ1n) is 8.65. The first-order chi connectivity index (χ1) is 13.6. The molecule has 0 aliphatic carbocycles. The summed E-state index contributed by atoms with van der Waals surface area (Å²) in [6, 6.07) is 5.52. The van der Waals surface area contributed by atoms with Gasteiger partial charge in [-0.25, -0.2) is 4.79 Å². The number of nitrogens with zero attached hydrogens (tertiary/aromatic N) is 3. The molecule has 0 saturated heterocycles. The van der Waals surface area contributed by atoms with Crippen molar-refractivity contribution < 1.29 is 18.7 Å². The third kappa shape index (κ3) is 5.03. The molecular weight excluding hydrogens is 400 g/mol. The van der Waals surface area contributed by atoms with Crippen LogP contribution in [0.4, 0.5) is 5.69 Å². The molecule has 0 radical (unpaired) electrons. The highest BCUT2D eigenvalue weighted by Crippen LogP contribution is 2.24. The molecule has 1 N–H and O–H groups in total. The summed E-state index contributed by atoms with van der Waals surface area (Å²) in [6.07, 6.45) is 0.866. The smallest absolute Gasteiger partial charge is 0.350 e. The van der Waals surface area contributed by atoms with Crippen LogP contribution < -0.4 is 5.32 Å². The topological polar surface area (TPSA) is 97.6 Å². The Morgan fingerprint density at radius 1 is 1.25 bits per heavy atom. The Morgan fingerprint density at radius 3 is 2.82 bits per heavy atom. The van der Waals surface area contributed by atoms with E-state index < -0.39 is 5.97 Å². The van der Waals surface area contributed by atoms with Crippen LogP contribution in [0.15, 0.2) is 33.4 Å². The fourth-order valence-corrected chi connectivity index (χ4v) is 4.00. The zero-order valence-electron chi connectivity index (χ0n) is 15.5. The average molecular weight is 421 g/mol. The van der Waals surface area contributed by atoms with Crippen molar-refractivity contribution >= 4 is 40.2 Å². The summed E-state index contributed by atoms with van der Waals surface area (Å²) >= 11 is 2.75. The van der Waals surface area contributed by atoms with Gasteiger partial charge >= 0.3 is 5.97 Å². The molecule has 0 bridgehead atoms. The van der Waals surface area contributed by atoms with Gasteiger partial charge in [-0.05, 0) is 35.9 Å². The van der Waals surface area contributed by atoms with Gasteiger partial charge in [0.05, 0.1) is 30.8 Å². The lowest BCUT2D eigenvalue weighted by Crippen LogP contribution is -2.33. The van der Waals surface area contributed by atoms with Crippen molar-refractivity contribution in [1.82, 2.24) is 15.1 Å². The Kier molecular flexibility index (Phi) is 6.90. The number of thiophene rings is 2. The van der Waals surface area contributed by atoms with E-state index in [4.69, 9.17) is 9.15 Å². The molecule has 3 rings (SSSR count). The third-order valence-electron chi connectivity index (χ3n) is 3.77. The molecule has 0 aromatic carbocycles. The summed E-state index contributed by atoms with van der Waals surface area (Å²) in [5.74, 6) is 0.236. The van der Waals surface area contributed by atoms with E-state index in [1.807, 2.05) is 29.3 Å². The molecule has 0 fully saturated rings. The van der Waals surface area contributed by atoms with E-state index in [0.29, 0.717) is 35.4 Å². The minimum absolute atomic E-state index is 0.140. The normalized spacial score (nSPS) is 11.0. The van der Waals surface area contributed by atoms with Crippen LogP contribution in [0, 0.1) is 0 Å². The van der Waals surface area contributed by atoms with Crippen LogP contribution >= 0.6 is 22.7 Å². The zero-order chi connectivity index (χ0) is 19.9. The highest BCUT2D eigenvalue weighted by molar-refractivity contribution is 7.13. The maximum Gasteiger partial charge on any atom is 0.350 e. The van der Waals surface area contributed by atoms with Gasteiger partial charge in [-0.1, -0.05) is 13.0 Å². The van der Waals surface area contributed by atoms with Crippen molar-refractivity contribution in [1.29, 1.82) is 0 Å². The van der Waals surface area contributed by atoms with E-state index in [2.05, 4.69) is 15.5 Å². The molecule has 0 aliphatic heterocycles. The van der Waals surface area contributed by atoms with Crippen LogP contribution in [0.2, 0.25) is 0 Å². The van der Waals surface area contributed by atoms with E-state index in [0.717, 1.165) is 11.3 Å². The van der Waals surface area contributed by atoms with Crippen molar-refractivity contribution in [3.8, 4) is 10.8 Å². The van der Waals surface area contributed by atoms with E-state index in [9.17, 15) is 9.59 Å². The first-order valence-corrected chi connectivity index (χ1v) is 10.4. The SMILES string of the molecule is CCCN(CC(=O)Nc1ccsc1C(=O)OC)Cc1nnc(-c2cccs2)o1. The van der Waals surface area contributed by atoms with E-state index in [1.165, 1.54) is 29.8 Å². The number of methoxy groups -OCH3 is 1. The molecular formula is C18H20N4O4S2. The number of carbonyl (C=O) groups excluding carboxylic acids is 2. The molecule has 0 aliphatic rings. The zero-order valence-corrected chi connectivity index (χ0v) is 17.1. The highest BCUT2D eigenvalue weighted by Gasteiger charge is 2.19. The summed E-state index contributed by atoms with van der Waals surface area (Å²) < 4.78 is 10.4. The van der Waals surface area contributed by atoms with Crippen molar-refractivity contribution in [3.63, 3.8) is 0 Å². The first kappa shape index (κ1) is 20.2. The quantitative estimate of drug-likeness (QED) is 0.529. The summed E-state index contributed by atoms with van der Waals surface area (Å²) in [5, 5.41) is 14.6. The average Bonchev–Trinajstić information content (AvgIpc) is 3.42.